The Labute approximate surface area is 108 Å². The normalized spacial score (nSPS) is 13.2. The van der Waals surface area contributed by atoms with Gasteiger partial charge < -0.3 is 5.73 Å². The van der Waals surface area contributed by atoms with Crippen LogP contribution in [0.25, 0.3) is 16.7 Å². The molecule has 0 bridgehead atoms. The van der Waals surface area contributed by atoms with Gasteiger partial charge in [0.05, 0.1) is 0 Å². The zero-order chi connectivity index (χ0) is 12.8. The Bertz CT molecular complexity index is 583. The number of fused-ring (bicyclic) bond motifs is 3. The fraction of sp³-hybridized carbons (Fsp3) is 0.176. The van der Waals surface area contributed by atoms with E-state index in [2.05, 4.69) is 54.6 Å². The first kappa shape index (κ1) is 11.2. The van der Waals surface area contributed by atoms with E-state index in [0.717, 1.165) is 0 Å². The van der Waals surface area contributed by atoms with Crippen molar-refractivity contribution in [3.63, 3.8) is 0 Å². The summed E-state index contributed by atoms with van der Waals surface area (Å²) in [6.07, 6.45) is 2.16. The minimum Gasteiger partial charge on any atom is -0.322 e. The van der Waals surface area contributed by atoms with Gasteiger partial charge in [-0.05, 0) is 41.7 Å². The van der Waals surface area contributed by atoms with Crippen molar-refractivity contribution in [1.82, 2.24) is 0 Å². The first-order valence-corrected chi connectivity index (χ1v) is 6.27. The Morgan fingerprint density at radius 1 is 0.778 bits per heavy atom. The van der Waals surface area contributed by atoms with Gasteiger partial charge in [0.2, 0.25) is 0 Å². The molecule has 1 aliphatic carbocycles. The third kappa shape index (κ3) is 1.77. The van der Waals surface area contributed by atoms with Crippen LogP contribution in [0.4, 0.5) is 0 Å². The first-order valence-electron chi connectivity index (χ1n) is 6.27. The number of nitrogens with two attached hydrogens (primary N) is 1. The van der Waals surface area contributed by atoms with Gasteiger partial charge in [0.15, 0.2) is 0 Å². The van der Waals surface area contributed by atoms with Crippen LogP contribution < -0.4 is 5.73 Å². The summed E-state index contributed by atoms with van der Waals surface area (Å²) in [6.45, 7) is 4.06. The van der Waals surface area contributed by atoms with Crippen LogP contribution in [0.2, 0.25) is 0 Å². The van der Waals surface area contributed by atoms with Gasteiger partial charge in [-0.2, -0.15) is 0 Å². The van der Waals surface area contributed by atoms with E-state index in [0.29, 0.717) is 0 Å². The van der Waals surface area contributed by atoms with Crippen molar-refractivity contribution in [1.29, 1.82) is 0 Å². The van der Waals surface area contributed by atoms with Gasteiger partial charge >= 0.3 is 0 Å². The molecule has 3 rings (SSSR count). The zero-order valence-electron chi connectivity index (χ0n) is 10.8. The van der Waals surface area contributed by atoms with Crippen LogP contribution in [0, 0.1) is 0 Å². The zero-order valence-corrected chi connectivity index (χ0v) is 10.8. The molecule has 18 heavy (non-hydrogen) atoms. The summed E-state index contributed by atoms with van der Waals surface area (Å²) in [5.41, 5.74) is 12.3. The van der Waals surface area contributed by atoms with Gasteiger partial charge in [-0.3, -0.25) is 0 Å². The maximum absolute atomic E-state index is 6.15. The summed E-state index contributed by atoms with van der Waals surface area (Å²) >= 11 is 0. The van der Waals surface area contributed by atoms with Crippen LogP contribution in [-0.2, 0) is 0 Å². The lowest BCUT2D eigenvalue weighted by molar-refractivity contribution is 0.656. The van der Waals surface area contributed by atoms with Crippen molar-refractivity contribution in [2.24, 2.45) is 5.73 Å². The Balaban J connectivity index is 2.31. The van der Waals surface area contributed by atoms with Crippen LogP contribution in [0.15, 0.2) is 54.6 Å². The molecule has 0 aliphatic heterocycles. The topological polar surface area (TPSA) is 26.0 Å². The molecule has 0 saturated heterocycles. The maximum Gasteiger partial charge on any atom is 0.0290 e. The van der Waals surface area contributed by atoms with E-state index in [9.17, 15) is 0 Å². The quantitative estimate of drug-likeness (QED) is 0.681. The molecule has 0 spiro atoms. The van der Waals surface area contributed by atoms with Gasteiger partial charge in [-0.15, -0.1) is 0 Å². The SMILES string of the molecule is CC(C)(N)C=C1c2ccccc2-c2ccccc21. The minimum absolute atomic E-state index is 0.306. The molecule has 0 fully saturated rings. The summed E-state index contributed by atoms with van der Waals surface area (Å²) in [5.74, 6) is 0. The van der Waals surface area contributed by atoms with E-state index < -0.39 is 0 Å². The average Bonchev–Trinajstić information content (AvgIpc) is 2.64. The monoisotopic (exact) mass is 235 g/mol. The molecule has 0 heterocycles. The molecular formula is C17H17N. The van der Waals surface area contributed by atoms with Crippen molar-refractivity contribution in [3.8, 4) is 11.1 Å². The van der Waals surface area contributed by atoms with Crippen LogP contribution in [0.5, 0.6) is 0 Å². The van der Waals surface area contributed by atoms with E-state index in [1.807, 2.05) is 13.8 Å². The molecule has 0 saturated carbocycles. The van der Waals surface area contributed by atoms with E-state index >= 15 is 0 Å². The van der Waals surface area contributed by atoms with Crippen LogP contribution >= 0.6 is 0 Å². The highest BCUT2D eigenvalue weighted by Gasteiger charge is 2.23. The third-order valence-corrected chi connectivity index (χ3v) is 3.24. The summed E-state index contributed by atoms with van der Waals surface area (Å²) < 4.78 is 0. The predicted octanol–water partition coefficient (Wildman–Crippen LogP) is 3.84. The summed E-state index contributed by atoms with van der Waals surface area (Å²) in [7, 11) is 0. The number of benzene rings is 2. The van der Waals surface area contributed by atoms with Crippen molar-refractivity contribution >= 4 is 5.57 Å². The molecule has 0 atom stereocenters. The molecule has 0 unspecified atom stereocenters. The lowest BCUT2D eigenvalue weighted by Gasteiger charge is -2.15. The van der Waals surface area contributed by atoms with Gasteiger partial charge in [-0.1, -0.05) is 54.6 Å². The summed E-state index contributed by atoms with van der Waals surface area (Å²) in [5, 5.41) is 0. The number of rotatable bonds is 1. The second kappa shape index (κ2) is 3.82. The van der Waals surface area contributed by atoms with E-state index in [-0.39, 0.29) is 5.54 Å². The Kier molecular flexibility index (Phi) is 2.39. The van der Waals surface area contributed by atoms with Crippen molar-refractivity contribution in [2.75, 3.05) is 0 Å². The van der Waals surface area contributed by atoms with Crippen molar-refractivity contribution < 1.29 is 0 Å². The summed E-state index contributed by atoms with van der Waals surface area (Å²) in [4.78, 5) is 0. The Hall–Kier alpha value is -1.86. The summed E-state index contributed by atoms with van der Waals surface area (Å²) in [6, 6.07) is 17.1. The highest BCUT2D eigenvalue weighted by atomic mass is 14.7. The number of hydrogen-bond acceptors (Lipinski definition) is 1. The molecule has 90 valence electrons. The highest BCUT2D eigenvalue weighted by Crippen LogP contribution is 2.44. The lowest BCUT2D eigenvalue weighted by Crippen LogP contribution is -2.29. The fourth-order valence-corrected chi connectivity index (χ4v) is 2.58. The molecule has 0 amide bonds. The lowest BCUT2D eigenvalue weighted by atomic mass is 9.96. The molecule has 2 N–H and O–H groups in total. The van der Waals surface area contributed by atoms with Crippen molar-refractivity contribution in [2.45, 2.75) is 19.4 Å². The molecule has 1 aliphatic rings. The minimum atomic E-state index is -0.306. The van der Waals surface area contributed by atoms with Gasteiger partial charge in [-0.25, -0.2) is 0 Å². The molecule has 2 aromatic rings. The molecular weight excluding hydrogens is 218 g/mol. The molecule has 1 heteroatoms. The predicted molar refractivity (Wildman–Crippen MR) is 77.2 cm³/mol. The van der Waals surface area contributed by atoms with Crippen LogP contribution in [0.1, 0.15) is 25.0 Å². The van der Waals surface area contributed by atoms with Gasteiger partial charge in [0.25, 0.3) is 0 Å². The van der Waals surface area contributed by atoms with Gasteiger partial charge in [0, 0.05) is 5.54 Å². The Morgan fingerprint density at radius 2 is 1.17 bits per heavy atom. The average molecular weight is 235 g/mol. The van der Waals surface area contributed by atoms with Crippen LogP contribution in [-0.4, -0.2) is 5.54 Å². The molecule has 0 aromatic heterocycles. The van der Waals surface area contributed by atoms with Crippen LogP contribution in [0.3, 0.4) is 0 Å². The number of hydrogen-bond donors (Lipinski definition) is 1. The highest BCUT2D eigenvalue weighted by molar-refractivity contribution is 6.01. The first-order chi connectivity index (χ1) is 8.56. The van der Waals surface area contributed by atoms with E-state index in [1.54, 1.807) is 0 Å². The third-order valence-electron chi connectivity index (χ3n) is 3.24. The van der Waals surface area contributed by atoms with Crippen molar-refractivity contribution in [3.05, 3.63) is 65.7 Å². The smallest absolute Gasteiger partial charge is 0.0290 e. The van der Waals surface area contributed by atoms with Gasteiger partial charge in [0.1, 0.15) is 0 Å². The Morgan fingerprint density at radius 3 is 1.56 bits per heavy atom. The fourth-order valence-electron chi connectivity index (χ4n) is 2.58. The largest absolute Gasteiger partial charge is 0.322 e. The second-order valence-corrected chi connectivity index (χ2v) is 5.47. The molecule has 2 aromatic carbocycles. The van der Waals surface area contributed by atoms with E-state index in [1.165, 1.54) is 27.8 Å². The second-order valence-electron chi connectivity index (χ2n) is 5.47. The maximum atomic E-state index is 6.15. The van der Waals surface area contributed by atoms with E-state index in [4.69, 9.17) is 5.73 Å². The molecule has 0 radical (unpaired) electrons. The molecule has 1 nitrogen and oxygen atoms in total. The standard InChI is InChI=1S/C17H17N/c1-17(2,18)11-16-14-9-5-3-7-12(14)13-8-4-6-10-15(13)16/h3-11H,18H2,1-2H3.